The summed E-state index contributed by atoms with van der Waals surface area (Å²) >= 11 is 0. The van der Waals surface area contributed by atoms with Gasteiger partial charge in [0.2, 0.25) is 0 Å². The number of rotatable bonds is 7. The lowest BCUT2D eigenvalue weighted by Gasteiger charge is -2.16. The van der Waals surface area contributed by atoms with E-state index in [1.807, 2.05) is 23.5 Å². The molecular weight excluding hydrogens is 264 g/mol. The molecule has 2 aromatic heterocycles. The highest BCUT2D eigenvalue weighted by Gasteiger charge is 2.17. The van der Waals surface area contributed by atoms with Crippen LogP contribution in [0.2, 0.25) is 0 Å². The van der Waals surface area contributed by atoms with Gasteiger partial charge in [-0.05, 0) is 39.3 Å². The molecule has 0 aromatic carbocycles. The third-order valence-electron chi connectivity index (χ3n) is 4.08. The maximum Gasteiger partial charge on any atom is 0.138 e. The summed E-state index contributed by atoms with van der Waals surface area (Å²) < 4.78 is 3.96. The van der Waals surface area contributed by atoms with Gasteiger partial charge in [-0.3, -0.25) is 9.36 Å². The summed E-state index contributed by atoms with van der Waals surface area (Å²) in [5.74, 6) is 1.05. The van der Waals surface area contributed by atoms with E-state index in [0.29, 0.717) is 6.04 Å². The van der Waals surface area contributed by atoms with Crippen LogP contribution in [0.5, 0.6) is 0 Å². The Morgan fingerprint density at radius 2 is 2.05 bits per heavy atom. The van der Waals surface area contributed by atoms with Gasteiger partial charge in [0.1, 0.15) is 12.2 Å². The Labute approximate surface area is 126 Å². The second-order valence-corrected chi connectivity index (χ2v) is 5.57. The molecule has 2 heterocycles. The number of nitrogens with zero attached hydrogens (tertiary/aromatic N) is 5. The van der Waals surface area contributed by atoms with Crippen molar-refractivity contribution in [2.24, 2.45) is 7.05 Å². The number of aromatic nitrogens is 5. The van der Waals surface area contributed by atoms with Gasteiger partial charge in [0.25, 0.3) is 0 Å². The van der Waals surface area contributed by atoms with Crippen LogP contribution in [-0.2, 0) is 26.4 Å². The molecule has 0 radical (unpaired) electrons. The fraction of sp³-hybridized carbons (Fsp3) is 0.667. The maximum atomic E-state index is 4.50. The molecule has 0 bridgehead atoms. The average molecular weight is 290 g/mol. The van der Waals surface area contributed by atoms with Crippen LogP contribution in [0.1, 0.15) is 36.1 Å². The van der Waals surface area contributed by atoms with Crippen molar-refractivity contribution in [1.29, 1.82) is 0 Å². The Bertz CT molecular complexity index is 583. The lowest BCUT2D eigenvalue weighted by molar-refractivity contribution is 0.500. The van der Waals surface area contributed by atoms with Crippen molar-refractivity contribution < 1.29 is 0 Å². The molecule has 0 spiro atoms. The van der Waals surface area contributed by atoms with Crippen LogP contribution in [0.3, 0.4) is 0 Å². The van der Waals surface area contributed by atoms with E-state index in [2.05, 4.69) is 41.3 Å². The van der Waals surface area contributed by atoms with E-state index >= 15 is 0 Å². The monoisotopic (exact) mass is 290 g/mol. The Morgan fingerprint density at radius 3 is 2.62 bits per heavy atom. The number of likely N-dealkylation sites (N-methyl/N-ethyl adjacent to an activating group) is 1. The minimum absolute atomic E-state index is 0.339. The maximum absolute atomic E-state index is 4.50. The summed E-state index contributed by atoms with van der Waals surface area (Å²) in [7, 11) is 4.00. The van der Waals surface area contributed by atoms with Gasteiger partial charge in [-0.25, -0.2) is 4.98 Å². The van der Waals surface area contributed by atoms with E-state index in [-0.39, 0.29) is 0 Å². The van der Waals surface area contributed by atoms with Gasteiger partial charge in [-0.2, -0.15) is 10.2 Å². The van der Waals surface area contributed by atoms with Crippen molar-refractivity contribution in [3.8, 4) is 0 Å². The van der Waals surface area contributed by atoms with Crippen LogP contribution in [-0.4, -0.2) is 37.6 Å². The fourth-order valence-corrected chi connectivity index (χ4v) is 2.70. The molecule has 0 aliphatic heterocycles. The molecule has 0 saturated carbocycles. The topological polar surface area (TPSA) is 60.6 Å². The lowest BCUT2D eigenvalue weighted by Crippen LogP contribution is -2.31. The zero-order valence-electron chi connectivity index (χ0n) is 13.7. The lowest BCUT2D eigenvalue weighted by atomic mass is 10.0. The summed E-state index contributed by atoms with van der Waals surface area (Å²) in [6.07, 6.45) is 4.56. The van der Waals surface area contributed by atoms with Gasteiger partial charge in [0.05, 0.1) is 5.69 Å². The third-order valence-corrected chi connectivity index (χ3v) is 4.08. The van der Waals surface area contributed by atoms with Gasteiger partial charge >= 0.3 is 0 Å². The molecule has 116 valence electrons. The molecule has 0 aliphatic carbocycles. The second kappa shape index (κ2) is 6.85. The molecule has 6 heteroatoms. The first kappa shape index (κ1) is 15.7. The van der Waals surface area contributed by atoms with Crippen LogP contribution in [0.15, 0.2) is 6.33 Å². The van der Waals surface area contributed by atoms with E-state index in [1.54, 1.807) is 6.33 Å². The summed E-state index contributed by atoms with van der Waals surface area (Å²) in [5.41, 5.74) is 3.69. The molecule has 2 aromatic rings. The van der Waals surface area contributed by atoms with Crippen LogP contribution in [0, 0.1) is 13.8 Å². The Morgan fingerprint density at radius 1 is 1.29 bits per heavy atom. The fourth-order valence-electron chi connectivity index (χ4n) is 2.70. The van der Waals surface area contributed by atoms with Gasteiger partial charge in [0.15, 0.2) is 0 Å². The summed E-state index contributed by atoms with van der Waals surface area (Å²) in [4.78, 5) is 4.41. The van der Waals surface area contributed by atoms with Crippen molar-refractivity contribution >= 4 is 0 Å². The number of aryl methyl sites for hydroxylation is 3. The van der Waals surface area contributed by atoms with Crippen molar-refractivity contribution in [1.82, 2.24) is 29.9 Å². The molecule has 2 rings (SSSR count). The Kier molecular flexibility index (Phi) is 5.12. The zero-order chi connectivity index (χ0) is 15.4. The minimum Gasteiger partial charge on any atom is -0.316 e. The molecule has 1 atom stereocenters. The minimum atomic E-state index is 0.339. The van der Waals surface area contributed by atoms with Gasteiger partial charge in [-0.15, -0.1) is 0 Å². The highest BCUT2D eigenvalue weighted by molar-refractivity contribution is 5.25. The predicted molar refractivity (Wildman–Crippen MR) is 83.3 cm³/mol. The van der Waals surface area contributed by atoms with Crippen LogP contribution < -0.4 is 5.32 Å². The van der Waals surface area contributed by atoms with Gasteiger partial charge in [-0.1, -0.05) is 6.92 Å². The first-order chi connectivity index (χ1) is 10.1. The first-order valence-corrected chi connectivity index (χ1v) is 7.59. The van der Waals surface area contributed by atoms with Gasteiger partial charge in [0, 0.05) is 31.7 Å². The molecule has 0 aliphatic rings. The van der Waals surface area contributed by atoms with Crippen LogP contribution in [0.25, 0.3) is 0 Å². The molecular formula is C15H26N6. The summed E-state index contributed by atoms with van der Waals surface area (Å²) in [6, 6.07) is 0.339. The van der Waals surface area contributed by atoms with Crippen LogP contribution in [0.4, 0.5) is 0 Å². The van der Waals surface area contributed by atoms with E-state index in [9.17, 15) is 0 Å². The standard InChI is InChI=1S/C15H26N6/c1-6-7-21-15(17-10-18-21)9-13(16-4)8-14-11(2)19-20(5)12(14)3/h10,13,16H,6-9H2,1-5H3. The summed E-state index contributed by atoms with van der Waals surface area (Å²) in [6.45, 7) is 7.29. The zero-order valence-corrected chi connectivity index (χ0v) is 13.7. The van der Waals surface area contributed by atoms with E-state index in [1.165, 1.54) is 11.3 Å². The highest BCUT2D eigenvalue weighted by Crippen LogP contribution is 2.15. The molecule has 21 heavy (non-hydrogen) atoms. The number of nitrogens with one attached hydrogen (secondary N) is 1. The molecule has 0 saturated heterocycles. The highest BCUT2D eigenvalue weighted by atomic mass is 15.3. The van der Waals surface area contributed by atoms with E-state index < -0.39 is 0 Å². The molecule has 1 N–H and O–H groups in total. The largest absolute Gasteiger partial charge is 0.316 e. The quantitative estimate of drug-likeness (QED) is 0.837. The van der Waals surface area contributed by atoms with Crippen molar-refractivity contribution in [2.75, 3.05) is 7.05 Å². The van der Waals surface area contributed by atoms with Crippen molar-refractivity contribution in [3.05, 3.63) is 29.1 Å². The number of hydrogen-bond donors (Lipinski definition) is 1. The second-order valence-electron chi connectivity index (χ2n) is 5.57. The average Bonchev–Trinajstić information content (AvgIpc) is 2.98. The molecule has 0 amide bonds. The van der Waals surface area contributed by atoms with E-state index in [4.69, 9.17) is 0 Å². The van der Waals surface area contributed by atoms with Crippen molar-refractivity contribution in [3.63, 3.8) is 0 Å². The third kappa shape index (κ3) is 3.50. The van der Waals surface area contributed by atoms with Crippen molar-refractivity contribution in [2.45, 2.75) is 52.6 Å². The molecule has 0 fully saturated rings. The predicted octanol–water partition coefficient (Wildman–Crippen LogP) is 1.41. The SMILES string of the molecule is CCCn1ncnc1CC(Cc1c(C)nn(C)c1C)NC. The smallest absolute Gasteiger partial charge is 0.138 e. The normalized spacial score (nSPS) is 12.8. The van der Waals surface area contributed by atoms with E-state index in [0.717, 1.165) is 37.3 Å². The molecule has 6 nitrogen and oxygen atoms in total. The molecule has 1 unspecified atom stereocenters. The first-order valence-electron chi connectivity index (χ1n) is 7.59. The Balaban J connectivity index is 2.11. The van der Waals surface area contributed by atoms with Gasteiger partial charge < -0.3 is 5.32 Å². The Hall–Kier alpha value is -1.69. The summed E-state index contributed by atoms with van der Waals surface area (Å²) in [5, 5.41) is 12.2. The van der Waals surface area contributed by atoms with Crippen LogP contribution >= 0.6 is 0 Å². The number of hydrogen-bond acceptors (Lipinski definition) is 4.